The minimum atomic E-state index is -0.590. The summed E-state index contributed by atoms with van der Waals surface area (Å²) in [7, 11) is 2.80. The minimum Gasteiger partial charge on any atom is -0.465 e. The minimum absolute atomic E-state index is 0.0427. The van der Waals surface area contributed by atoms with Crippen LogP contribution in [-0.2, 0) is 11.8 Å². The lowest BCUT2D eigenvalue weighted by Gasteiger charge is -2.02. The Hall–Kier alpha value is -2.88. The number of hydrogen-bond donors (Lipinski definition) is 1. The van der Waals surface area contributed by atoms with E-state index < -0.39 is 5.97 Å². The van der Waals surface area contributed by atoms with E-state index in [1.165, 1.54) is 30.1 Å². The number of nitriles is 1. The van der Waals surface area contributed by atoms with Crippen LogP contribution in [0.1, 0.15) is 16.1 Å². The molecule has 0 amide bonds. The number of nitrogens with one attached hydrogen (secondary N) is 1. The van der Waals surface area contributed by atoms with Gasteiger partial charge in [0.05, 0.1) is 23.9 Å². The summed E-state index contributed by atoms with van der Waals surface area (Å²) in [4.78, 5) is 27.3. The van der Waals surface area contributed by atoms with Crippen LogP contribution in [0.3, 0.4) is 0 Å². The molecule has 2 rings (SSSR count). The highest BCUT2D eigenvalue weighted by atomic mass is 16.5. The molecule has 96 valence electrons. The molecule has 0 unspecified atom stereocenters. The van der Waals surface area contributed by atoms with Gasteiger partial charge in [-0.1, -0.05) is 0 Å². The van der Waals surface area contributed by atoms with Crippen molar-refractivity contribution in [2.24, 2.45) is 7.05 Å². The third-order valence-corrected chi connectivity index (χ3v) is 2.57. The molecule has 2 aromatic rings. The summed E-state index contributed by atoms with van der Waals surface area (Å²) in [6, 6.07) is 4.57. The van der Waals surface area contributed by atoms with E-state index in [4.69, 9.17) is 5.26 Å². The van der Waals surface area contributed by atoms with Crippen molar-refractivity contribution >= 4 is 5.97 Å². The van der Waals surface area contributed by atoms with Crippen LogP contribution < -0.4 is 5.56 Å². The van der Waals surface area contributed by atoms with E-state index in [0.717, 1.165) is 0 Å². The second-order valence-corrected chi connectivity index (χ2v) is 3.78. The van der Waals surface area contributed by atoms with Gasteiger partial charge in [-0.25, -0.2) is 9.78 Å². The first-order valence-corrected chi connectivity index (χ1v) is 5.32. The Morgan fingerprint density at radius 2 is 2.26 bits per heavy atom. The van der Waals surface area contributed by atoms with E-state index in [1.54, 1.807) is 7.05 Å². The number of carbonyl (C=O) groups is 1. The second-order valence-electron chi connectivity index (χ2n) is 3.78. The Morgan fingerprint density at radius 1 is 1.53 bits per heavy atom. The molecule has 0 saturated carbocycles. The van der Waals surface area contributed by atoms with Crippen LogP contribution in [0.4, 0.5) is 0 Å². The fourth-order valence-electron chi connectivity index (χ4n) is 1.61. The Morgan fingerprint density at radius 3 is 2.79 bits per heavy atom. The molecule has 0 bridgehead atoms. The van der Waals surface area contributed by atoms with Gasteiger partial charge in [0.25, 0.3) is 5.56 Å². The van der Waals surface area contributed by atoms with Gasteiger partial charge >= 0.3 is 5.97 Å². The standard InChI is InChI=1S/C12H10N4O3/c1-16-11(17)9(6-14-16)10-4-7(12(18)19-2)3-8(5-13)15-10/h3-4,6,14H,1-2H3. The predicted molar refractivity (Wildman–Crippen MR) is 65.3 cm³/mol. The number of pyridine rings is 1. The summed E-state index contributed by atoms with van der Waals surface area (Å²) >= 11 is 0. The highest BCUT2D eigenvalue weighted by Crippen LogP contribution is 2.16. The van der Waals surface area contributed by atoms with E-state index >= 15 is 0 Å². The number of H-pyrrole nitrogens is 1. The third-order valence-electron chi connectivity index (χ3n) is 2.57. The Balaban J connectivity index is 2.64. The van der Waals surface area contributed by atoms with Gasteiger partial charge in [-0.3, -0.25) is 9.48 Å². The zero-order valence-corrected chi connectivity index (χ0v) is 10.3. The first-order chi connectivity index (χ1) is 9.06. The molecule has 1 N–H and O–H groups in total. The maximum Gasteiger partial charge on any atom is 0.338 e. The summed E-state index contributed by atoms with van der Waals surface area (Å²) in [5.41, 5.74) is 0.456. The molecular weight excluding hydrogens is 248 g/mol. The molecule has 7 nitrogen and oxygen atoms in total. The van der Waals surface area contributed by atoms with Crippen molar-refractivity contribution in [3.05, 3.63) is 39.9 Å². The van der Waals surface area contributed by atoms with Gasteiger partial charge in [0, 0.05) is 13.2 Å². The summed E-state index contributed by atoms with van der Waals surface area (Å²) < 4.78 is 5.87. The molecule has 0 fully saturated rings. The van der Waals surface area contributed by atoms with Crippen LogP contribution in [0.15, 0.2) is 23.1 Å². The Kier molecular flexibility index (Phi) is 3.16. The number of aromatic amines is 1. The lowest BCUT2D eigenvalue weighted by Crippen LogP contribution is -2.14. The number of esters is 1. The topological polar surface area (TPSA) is 101 Å². The van der Waals surface area contributed by atoms with Crippen LogP contribution in [0.2, 0.25) is 0 Å². The second kappa shape index (κ2) is 4.78. The number of ether oxygens (including phenoxy) is 1. The van der Waals surface area contributed by atoms with Crippen LogP contribution >= 0.6 is 0 Å². The first-order valence-electron chi connectivity index (χ1n) is 5.32. The molecule has 19 heavy (non-hydrogen) atoms. The zero-order valence-electron chi connectivity index (χ0n) is 10.3. The number of hydrogen-bond acceptors (Lipinski definition) is 5. The number of methoxy groups -OCH3 is 1. The van der Waals surface area contributed by atoms with Crippen molar-refractivity contribution in [3.63, 3.8) is 0 Å². The van der Waals surface area contributed by atoms with Gasteiger partial charge in [-0.05, 0) is 12.1 Å². The lowest BCUT2D eigenvalue weighted by molar-refractivity contribution is 0.0600. The quantitative estimate of drug-likeness (QED) is 0.787. The fraction of sp³-hybridized carbons (Fsp3) is 0.167. The highest BCUT2D eigenvalue weighted by Gasteiger charge is 2.14. The van der Waals surface area contributed by atoms with Crippen LogP contribution in [-0.4, -0.2) is 27.8 Å². The summed E-state index contributed by atoms with van der Waals surface area (Å²) in [6.07, 6.45) is 1.47. The van der Waals surface area contributed by atoms with Crippen LogP contribution in [0, 0.1) is 11.3 Å². The molecular formula is C12H10N4O3. The molecule has 7 heteroatoms. The van der Waals surface area contributed by atoms with Crippen LogP contribution in [0.5, 0.6) is 0 Å². The molecule has 2 aromatic heterocycles. The summed E-state index contributed by atoms with van der Waals surface area (Å²) in [5, 5.41) is 11.6. The van der Waals surface area contributed by atoms with E-state index in [9.17, 15) is 9.59 Å². The predicted octanol–water partition coefficient (Wildman–Crippen LogP) is 0.434. The number of aryl methyl sites for hydroxylation is 1. The van der Waals surface area contributed by atoms with Gasteiger partial charge < -0.3 is 9.84 Å². The largest absolute Gasteiger partial charge is 0.465 e. The highest BCUT2D eigenvalue weighted by molar-refractivity contribution is 5.90. The normalized spacial score (nSPS) is 9.95. The Labute approximate surface area is 108 Å². The molecule has 0 radical (unpaired) electrons. The molecule has 0 spiro atoms. The number of carbonyl (C=O) groups excluding carboxylic acids is 1. The van der Waals surface area contributed by atoms with Crippen molar-refractivity contribution < 1.29 is 9.53 Å². The molecule has 0 saturated heterocycles. The first kappa shape index (κ1) is 12.6. The van der Waals surface area contributed by atoms with E-state index in [0.29, 0.717) is 0 Å². The van der Waals surface area contributed by atoms with Gasteiger partial charge in [0.2, 0.25) is 0 Å². The maximum atomic E-state index is 11.8. The average molecular weight is 258 g/mol. The van der Waals surface area contributed by atoms with E-state index in [1.807, 2.05) is 6.07 Å². The monoisotopic (exact) mass is 258 g/mol. The van der Waals surface area contributed by atoms with E-state index in [-0.39, 0.29) is 28.1 Å². The summed E-state index contributed by atoms with van der Waals surface area (Å²) in [5.74, 6) is -0.590. The molecule has 0 aromatic carbocycles. The van der Waals surface area contributed by atoms with Gasteiger partial charge in [0.15, 0.2) is 0 Å². The SMILES string of the molecule is COC(=O)c1cc(C#N)nc(-c2c[nH]n(C)c2=O)c1. The summed E-state index contributed by atoms with van der Waals surface area (Å²) in [6.45, 7) is 0. The van der Waals surface area contributed by atoms with Gasteiger partial charge in [-0.15, -0.1) is 0 Å². The number of aromatic nitrogens is 3. The van der Waals surface area contributed by atoms with Crippen molar-refractivity contribution in [2.75, 3.05) is 7.11 Å². The molecule has 0 aliphatic rings. The number of rotatable bonds is 2. The molecule has 0 atom stereocenters. The van der Waals surface area contributed by atoms with Crippen molar-refractivity contribution in [1.29, 1.82) is 5.26 Å². The Bertz CT molecular complexity index is 736. The molecule has 0 aliphatic carbocycles. The van der Waals surface area contributed by atoms with Crippen molar-refractivity contribution in [1.82, 2.24) is 14.8 Å². The average Bonchev–Trinajstić information content (AvgIpc) is 2.77. The zero-order chi connectivity index (χ0) is 14.0. The maximum absolute atomic E-state index is 11.8. The molecule has 0 aliphatic heterocycles. The van der Waals surface area contributed by atoms with Crippen molar-refractivity contribution in [2.45, 2.75) is 0 Å². The van der Waals surface area contributed by atoms with Crippen LogP contribution in [0.25, 0.3) is 11.3 Å². The molecule has 2 heterocycles. The fourth-order valence-corrected chi connectivity index (χ4v) is 1.61. The number of nitrogens with zero attached hydrogens (tertiary/aromatic N) is 3. The van der Waals surface area contributed by atoms with E-state index in [2.05, 4.69) is 14.8 Å². The smallest absolute Gasteiger partial charge is 0.338 e. The van der Waals surface area contributed by atoms with Gasteiger partial charge in [-0.2, -0.15) is 5.26 Å². The lowest BCUT2D eigenvalue weighted by atomic mass is 10.1. The van der Waals surface area contributed by atoms with Crippen molar-refractivity contribution in [3.8, 4) is 17.3 Å². The third kappa shape index (κ3) is 2.24. The van der Waals surface area contributed by atoms with Gasteiger partial charge in [0.1, 0.15) is 11.8 Å².